The Morgan fingerprint density at radius 2 is 1.00 bits per heavy atom. The zero-order valence-electron chi connectivity index (χ0n) is 24.0. The van der Waals surface area contributed by atoms with Crippen LogP contribution < -0.4 is 5.46 Å². The first-order valence-corrected chi connectivity index (χ1v) is 13.8. The van der Waals surface area contributed by atoms with Gasteiger partial charge >= 0.3 is 7.12 Å². The van der Waals surface area contributed by atoms with Crippen LogP contribution in [0.5, 0.6) is 0 Å². The van der Waals surface area contributed by atoms with Gasteiger partial charge in [0.25, 0.3) is 0 Å². The van der Waals surface area contributed by atoms with Crippen molar-refractivity contribution in [3.8, 4) is 0 Å². The van der Waals surface area contributed by atoms with Crippen molar-refractivity contribution in [2.24, 2.45) is 0 Å². The lowest BCUT2D eigenvalue weighted by Gasteiger charge is -2.32. The molecule has 0 radical (unpaired) electrons. The summed E-state index contributed by atoms with van der Waals surface area (Å²) in [5.74, 6) is 0.962. The molecule has 0 unspecified atom stereocenters. The Hall–Kier alpha value is -2.50. The van der Waals surface area contributed by atoms with Crippen molar-refractivity contribution in [1.29, 1.82) is 0 Å². The summed E-state index contributed by atoms with van der Waals surface area (Å²) in [7, 11) is -0.361. The number of aryl methyl sites for hydroxylation is 4. The normalized spacial score (nSPS) is 16.6. The smallest absolute Gasteiger partial charge is 0.399 e. The molecule has 1 fully saturated rings. The van der Waals surface area contributed by atoms with Crippen LogP contribution in [0, 0.1) is 0 Å². The zero-order valence-corrected chi connectivity index (χ0v) is 24.0. The number of nitrogens with zero attached hydrogens (tertiary/aromatic N) is 2. The highest BCUT2D eigenvalue weighted by atomic mass is 16.7. The molecule has 0 aliphatic carbocycles. The highest BCUT2D eigenvalue weighted by molar-refractivity contribution is 6.62. The average Bonchev–Trinajstić information content (AvgIpc) is 3.08. The monoisotopic (exact) mass is 498 g/mol. The molecule has 4 nitrogen and oxygen atoms in total. The Morgan fingerprint density at radius 3 is 1.41 bits per heavy atom. The molecule has 2 aromatic heterocycles. The standard InChI is InChI=1S/C32H43BN2O2/c1-22(2)28-14-26(18-34-20-28)11-9-24-13-25(10-12-27-15-29(23(3)4)21-35-19-27)17-30(16-24)33-36-31(5,6)32(7,8)37-33/h13-23H,9-12H2,1-8H3. The number of rotatable bonds is 9. The van der Waals surface area contributed by atoms with Gasteiger partial charge in [-0.1, -0.05) is 58.0 Å². The molecule has 1 aromatic carbocycles. The van der Waals surface area contributed by atoms with Crippen molar-refractivity contribution in [1.82, 2.24) is 9.97 Å². The van der Waals surface area contributed by atoms with Gasteiger partial charge in [0.15, 0.2) is 0 Å². The summed E-state index contributed by atoms with van der Waals surface area (Å²) >= 11 is 0. The van der Waals surface area contributed by atoms with Crippen LogP contribution in [0.2, 0.25) is 0 Å². The van der Waals surface area contributed by atoms with E-state index >= 15 is 0 Å². The van der Waals surface area contributed by atoms with E-state index in [-0.39, 0.29) is 18.3 Å². The van der Waals surface area contributed by atoms with E-state index in [9.17, 15) is 0 Å². The Balaban J connectivity index is 1.58. The number of hydrogen-bond donors (Lipinski definition) is 0. The molecule has 4 rings (SSSR count). The fourth-order valence-electron chi connectivity index (χ4n) is 4.69. The van der Waals surface area contributed by atoms with E-state index in [2.05, 4.69) is 95.7 Å². The summed E-state index contributed by atoms with van der Waals surface area (Å²) in [6.07, 6.45) is 11.8. The van der Waals surface area contributed by atoms with Gasteiger partial charge in [-0.3, -0.25) is 9.97 Å². The van der Waals surface area contributed by atoms with Crippen LogP contribution in [0.4, 0.5) is 0 Å². The maximum atomic E-state index is 6.43. The van der Waals surface area contributed by atoms with E-state index in [1.165, 1.54) is 33.4 Å². The Morgan fingerprint density at radius 1 is 0.595 bits per heavy atom. The van der Waals surface area contributed by atoms with Crippen molar-refractivity contribution in [2.75, 3.05) is 0 Å². The second-order valence-electron chi connectivity index (χ2n) is 12.2. The van der Waals surface area contributed by atoms with Crippen molar-refractivity contribution in [3.05, 3.63) is 88.5 Å². The van der Waals surface area contributed by atoms with Crippen LogP contribution in [0.15, 0.2) is 55.1 Å². The van der Waals surface area contributed by atoms with Gasteiger partial charge in [-0.15, -0.1) is 0 Å². The molecule has 0 N–H and O–H groups in total. The molecule has 1 saturated heterocycles. The first-order chi connectivity index (χ1) is 17.4. The van der Waals surface area contributed by atoms with E-state index < -0.39 is 0 Å². The fourth-order valence-corrected chi connectivity index (χ4v) is 4.69. The fraction of sp³-hybridized carbons (Fsp3) is 0.500. The van der Waals surface area contributed by atoms with E-state index in [1.807, 2.05) is 24.8 Å². The topological polar surface area (TPSA) is 44.2 Å². The molecule has 37 heavy (non-hydrogen) atoms. The molecule has 0 spiro atoms. The van der Waals surface area contributed by atoms with Crippen LogP contribution in [-0.4, -0.2) is 28.3 Å². The molecule has 196 valence electrons. The molecule has 0 atom stereocenters. The minimum Gasteiger partial charge on any atom is -0.399 e. The Bertz CT molecular complexity index is 1130. The summed E-state index contributed by atoms with van der Waals surface area (Å²) in [6, 6.07) is 11.5. The highest BCUT2D eigenvalue weighted by Crippen LogP contribution is 2.36. The highest BCUT2D eigenvalue weighted by Gasteiger charge is 2.51. The minimum atomic E-state index is -0.361. The Labute approximate surface area is 224 Å². The lowest BCUT2D eigenvalue weighted by Crippen LogP contribution is -2.41. The molecule has 3 aromatic rings. The molecule has 0 saturated carbocycles. The van der Waals surface area contributed by atoms with E-state index in [4.69, 9.17) is 9.31 Å². The number of pyridine rings is 2. The van der Waals surface area contributed by atoms with Gasteiger partial charge in [-0.2, -0.15) is 0 Å². The van der Waals surface area contributed by atoms with E-state index in [0.29, 0.717) is 11.8 Å². The molecule has 0 amide bonds. The van der Waals surface area contributed by atoms with Crippen molar-refractivity contribution in [2.45, 2.75) is 104 Å². The van der Waals surface area contributed by atoms with Crippen molar-refractivity contribution < 1.29 is 9.31 Å². The summed E-state index contributed by atoms with van der Waals surface area (Å²) in [5, 5.41) is 0. The summed E-state index contributed by atoms with van der Waals surface area (Å²) in [4.78, 5) is 8.97. The zero-order chi connectivity index (χ0) is 26.8. The van der Waals surface area contributed by atoms with Crippen LogP contribution in [0.1, 0.15) is 101 Å². The quantitative estimate of drug-likeness (QED) is 0.312. The predicted molar refractivity (Wildman–Crippen MR) is 154 cm³/mol. The van der Waals surface area contributed by atoms with E-state index in [0.717, 1.165) is 31.1 Å². The third kappa shape index (κ3) is 6.69. The molecule has 1 aliphatic rings. The van der Waals surface area contributed by atoms with Gasteiger partial charge in [0, 0.05) is 24.8 Å². The first-order valence-electron chi connectivity index (χ1n) is 13.8. The van der Waals surface area contributed by atoms with Crippen molar-refractivity contribution >= 4 is 12.6 Å². The van der Waals surface area contributed by atoms with Gasteiger partial charge in [0.05, 0.1) is 11.2 Å². The van der Waals surface area contributed by atoms with Crippen LogP contribution in [0.25, 0.3) is 0 Å². The molecule has 5 heteroatoms. The minimum absolute atomic E-state index is 0.361. The van der Waals surface area contributed by atoms with E-state index in [1.54, 1.807) is 0 Å². The van der Waals surface area contributed by atoms with Gasteiger partial charge < -0.3 is 9.31 Å². The maximum Gasteiger partial charge on any atom is 0.494 e. The van der Waals surface area contributed by atoms with Gasteiger partial charge in [-0.05, 0) is 104 Å². The average molecular weight is 499 g/mol. The van der Waals surface area contributed by atoms with Gasteiger partial charge in [0.1, 0.15) is 0 Å². The third-order valence-corrected chi connectivity index (χ3v) is 7.97. The SMILES string of the molecule is CC(C)c1cncc(CCc2cc(CCc3cncc(C(C)C)c3)cc(B3OC(C)(C)C(C)(C)O3)c2)c1. The molecular weight excluding hydrogens is 455 g/mol. The number of benzene rings is 1. The molecule has 1 aliphatic heterocycles. The third-order valence-electron chi connectivity index (χ3n) is 7.97. The summed E-state index contributed by atoms with van der Waals surface area (Å²) in [5.41, 5.74) is 8.16. The number of aromatic nitrogens is 2. The molecular formula is C32H43BN2O2. The first kappa shape index (κ1) is 27.5. The van der Waals surface area contributed by atoms with Crippen LogP contribution in [-0.2, 0) is 35.0 Å². The van der Waals surface area contributed by atoms with Gasteiger partial charge in [0.2, 0.25) is 0 Å². The van der Waals surface area contributed by atoms with Crippen LogP contribution in [0.3, 0.4) is 0 Å². The summed E-state index contributed by atoms with van der Waals surface area (Å²) < 4.78 is 12.9. The van der Waals surface area contributed by atoms with Gasteiger partial charge in [-0.25, -0.2) is 0 Å². The molecule has 3 heterocycles. The lowest BCUT2D eigenvalue weighted by atomic mass is 9.76. The second kappa shape index (κ2) is 11.1. The Kier molecular flexibility index (Phi) is 8.25. The van der Waals surface area contributed by atoms with Crippen molar-refractivity contribution in [3.63, 3.8) is 0 Å². The largest absolute Gasteiger partial charge is 0.494 e. The lowest BCUT2D eigenvalue weighted by molar-refractivity contribution is 0.00578. The number of hydrogen-bond acceptors (Lipinski definition) is 4. The second-order valence-corrected chi connectivity index (χ2v) is 12.2. The maximum absolute atomic E-state index is 6.43. The summed E-state index contributed by atoms with van der Waals surface area (Å²) in [6.45, 7) is 17.3. The van der Waals surface area contributed by atoms with Crippen LogP contribution >= 0.6 is 0 Å². The molecule has 0 bridgehead atoms. The predicted octanol–water partition coefficient (Wildman–Crippen LogP) is 6.59.